The zero-order valence-electron chi connectivity index (χ0n) is 17.0. The molecule has 0 amide bonds. The summed E-state index contributed by atoms with van der Waals surface area (Å²) in [4.78, 5) is 17.7. The Balaban J connectivity index is 2.07. The smallest absolute Gasteiger partial charge is 0.168 e. The molecule has 0 heterocycles. The van der Waals surface area contributed by atoms with E-state index in [0.717, 1.165) is 22.0 Å². The molecule has 0 atom stereocenters. The number of nitrogens with zero attached hydrogens (tertiary/aromatic N) is 1. The van der Waals surface area contributed by atoms with Crippen molar-refractivity contribution in [2.45, 2.75) is 59.4 Å². The third-order valence-electron chi connectivity index (χ3n) is 4.85. The second-order valence-corrected chi connectivity index (χ2v) is 9.31. The minimum Gasteiger partial charge on any atom is -0.511 e. The van der Waals surface area contributed by atoms with Gasteiger partial charge in [0.15, 0.2) is 5.78 Å². The van der Waals surface area contributed by atoms with Gasteiger partial charge >= 0.3 is 0 Å². The van der Waals surface area contributed by atoms with Crippen LogP contribution in [-0.2, 0) is 11.2 Å². The van der Waals surface area contributed by atoms with Crippen molar-refractivity contribution in [1.82, 2.24) is 0 Å². The van der Waals surface area contributed by atoms with Crippen molar-refractivity contribution in [3.05, 3.63) is 59.4 Å². The van der Waals surface area contributed by atoms with Crippen LogP contribution in [0, 0.1) is 5.41 Å². The number of aliphatic hydroxyl groups excluding tert-OH is 1. The van der Waals surface area contributed by atoms with Gasteiger partial charge in [0.2, 0.25) is 0 Å². The number of Topliss-reactive ketones (excluding diaryl/α,β-unsaturated/α-hetero) is 1. The number of carbonyl (C=O) groups is 1. The maximum atomic E-state index is 12.9. The first-order chi connectivity index (χ1) is 12.6. The van der Waals surface area contributed by atoms with Crippen LogP contribution in [0.15, 0.2) is 58.8 Å². The average molecular weight is 364 g/mol. The van der Waals surface area contributed by atoms with E-state index >= 15 is 0 Å². The van der Waals surface area contributed by atoms with Crippen LogP contribution >= 0.6 is 0 Å². The summed E-state index contributed by atoms with van der Waals surface area (Å²) in [5, 5.41) is 13.2. The highest BCUT2D eigenvalue weighted by molar-refractivity contribution is 6.24. The number of hydrogen-bond donors (Lipinski definition) is 1. The summed E-state index contributed by atoms with van der Waals surface area (Å²) < 4.78 is 0. The van der Waals surface area contributed by atoms with Crippen molar-refractivity contribution >= 4 is 22.3 Å². The highest BCUT2D eigenvalue weighted by atomic mass is 16.3. The number of benzene rings is 2. The van der Waals surface area contributed by atoms with Gasteiger partial charge in [0.25, 0.3) is 0 Å². The van der Waals surface area contributed by atoms with Gasteiger partial charge in [-0.2, -0.15) is 0 Å². The van der Waals surface area contributed by atoms with E-state index in [0.29, 0.717) is 24.8 Å². The Morgan fingerprint density at radius 3 is 2.44 bits per heavy atom. The van der Waals surface area contributed by atoms with Crippen molar-refractivity contribution in [2.24, 2.45) is 10.4 Å². The van der Waals surface area contributed by atoms with Gasteiger partial charge in [-0.15, -0.1) is 0 Å². The molecule has 27 heavy (non-hydrogen) atoms. The zero-order valence-corrected chi connectivity index (χ0v) is 17.0. The molecule has 3 rings (SSSR count). The first-order valence-corrected chi connectivity index (χ1v) is 9.57. The minimum atomic E-state index is -0.298. The van der Waals surface area contributed by atoms with Gasteiger partial charge in [-0.05, 0) is 48.9 Å². The molecule has 0 aliphatic heterocycles. The van der Waals surface area contributed by atoms with Crippen molar-refractivity contribution in [3.8, 4) is 0 Å². The molecule has 0 unspecified atom stereocenters. The van der Waals surface area contributed by atoms with E-state index in [9.17, 15) is 9.90 Å². The fourth-order valence-electron chi connectivity index (χ4n) is 3.83. The molecule has 0 bridgehead atoms. The van der Waals surface area contributed by atoms with Gasteiger partial charge in [-0.25, -0.2) is 0 Å². The number of aliphatic imine (C=N–C) groups is 1. The SMILES string of the molecule is CC1(C)CC(=O)C(=C(O)Cc2cccc3ccccc23)C(=NC(C)(C)C)C1. The molecular formula is C24H29NO2. The Morgan fingerprint density at radius 1 is 1.07 bits per heavy atom. The van der Waals surface area contributed by atoms with Crippen molar-refractivity contribution < 1.29 is 9.90 Å². The third-order valence-corrected chi connectivity index (χ3v) is 4.85. The van der Waals surface area contributed by atoms with Crippen molar-refractivity contribution in [2.75, 3.05) is 0 Å². The second kappa shape index (κ2) is 6.95. The molecule has 2 aromatic carbocycles. The quantitative estimate of drug-likeness (QED) is 0.539. The Hall–Kier alpha value is -2.42. The predicted octanol–water partition coefficient (Wildman–Crippen LogP) is 5.82. The number of allylic oxidation sites excluding steroid dienone is 2. The maximum Gasteiger partial charge on any atom is 0.168 e. The number of aliphatic hydroxyl groups is 1. The fourth-order valence-corrected chi connectivity index (χ4v) is 3.83. The molecule has 142 valence electrons. The van der Waals surface area contributed by atoms with E-state index in [4.69, 9.17) is 4.99 Å². The van der Waals surface area contributed by atoms with Gasteiger partial charge in [0.05, 0.1) is 16.8 Å². The number of carbonyl (C=O) groups excluding carboxylic acids is 1. The van der Waals surface area contributed by atoms with E-state index in [1.54, 1.807) is 0 Å². The summed E-state index contributed by atoms with van der Waals surface area (Å²) in [5.41, 5.74) is 1.75. The lowest BCUT2D eigenvalue weighted by Crippen LogP contribution is -2.34. The molecule has 1 fully saturated rings. The fraction of sp³-hybridized carbons (Fsp3) is 0.417. The van der Waals surface area contributed by atoms with Crippen LogP contribution in [0.25, 0.3) is 10.8 Å². The Bertz CT molecular complexity index is 937. The monoisotopic (exact) mass is 363 g/mol. The number of fused-ring (bicyclic) bond motifs is 1. The Morgan fingerprint density at radius 2 is 1.74 bits per heavy atom. The van der Waals surface area contributed by atoms with E-state index in [1.165, 1.54) is 0 Å². The van der Waals surface area contributed by atoms with Gasteiger partial charge in [0, 0.05) is 12.8 Å². The lowest BCUT2D eigenvalue weighted by molar-refractivity contribution is -0.117. The highest BCUT2D eigenvalue weighted by Gasteiger charge is 2.36. The van der Waals surface area contributed by atoms with E-state index in [1.807, 2.05) is 45.0 Å². The summed E-state index contributed by atoms with van der Waals surface area (Å²) in [7, 11) is 0. The van der Waals surface area contributed by atoms with Gasteiger partial charge in [-0.3, -0.25) is 9.79 Å². The lowest BCUT2D eigenvalue weighted by Gasteiger charge is -2.33. The number of hydrogen-bond acceptors (Lipinski definition) is 3. The molecule has 3 nitrogen and oxygen atoms in total. The minimum absolute atomic E-state index is 0.00742. The third kappa shape index (κ3) is 4.47. The molecule has 1 aliphatic carbocycles. The van der Waals surface area contributed by atoms with Crippen LogP contribution in [-0.4, -0.2) is 22.1 Å². The highest BCUT2D eigenvalue weighted by Crippen LogP contribution is 2.36. The topological polar surface area (TPSA) is 49.7 Å². The van der Waals surface area contributed by atoms with Crippen molar-refractivity contribution in [1.29, 1.82) is 0 Å². The summed E-state index contributed by atoms with van der Waals surface area (Å²) >= 11 is 0. The molecule has 1 aliphatic rings. The Kier molecular flexibility index (Phi) is 4.98. The zero-order chi connectivity index (χ0) is 19.8. The molecule has 0 aromatic heterocycles. The van der Waals surface area contributed by atoms with Crippen LogP contribution in [0.2, 0.25) is 0 Å². The molecule has 0 saturated heterocycles. The van der Waals surface area contributed by atoms with E-state index in [-0.39, 0.29) is 22.5 Å². The molecular weight excluding hydrogens is 334 g/mol. The summed E-state index contributed by atoms with van der Waals surface area (Å²) in [6.07, 6.45) is 1.47. The summed E-state index contributed by atoms with van der Waals surface area (Å²) in [5.74, 6) is 0.127. The van der Waals surface area contributed by atoms with E-state index in [2.05, 4.69) is 32.0 Å². The van der Waals surface area contributed by atoms with Gasteiger partial charge < -0.3 is 5.11 Å². The second-order valence-electron chi connectivity index (χ2n) is 9.31. The van der Waals surface area contributed by atoms with Crippen molar-refractivity contribution in [3.63, 3.8) is 0 Å². The maximum absolute atomic E-state index is 12.9. The summed E-state index contributed by atoms with van der Waals surface area (Å²) in [6.45, 7) is 10.2. The van der Waals surface area contributed by atoms with Gasteiger partial charge in [-0.1, -0.05) is 56.3 Å². The average Bonchev–Trinajstić information content (AvgIpc) is 2.52. The molecule has 1 N–H and O–H groups in total. The first-order valence-electron chi connectivity index (χ1n) is 9.57. The normalized spacial score (nSPS) is 20.9. The molecule has 1 saturated carbocycles. The van der Waals surface area contributed by atoms with Crippen LogP contribution in [0.1, 0.15) is 53.0 Å². The molecule has 0 radical (unpaired) electrons. The molecule has 0 spiro atoms. The van der Waals surface area contributed by atoms with Crippen LogP contribution in [0.5, 0.6) is 0 Å². The van der Waals surface area contributed by atoms with E-state index < -0.39 is 0 Å². The molecule has 2 aromatic rings. The van der Waals surface area contributed by atoms with Crippen LogP contribution in [0.4, 0.5) is 0 Å². The number of rotatable bonds is 2. The molecule has 3 heteroatoms. The summed E-state index contributed by atoms with van der Waals surface area (Å²) in [6, 6.07) is 14.2. The first kappa shape index (κ1) is 19.3. The number of ketones is 1. The van der Waals surface area contributed by atoms with Crippen LogP contribution < -0.4 is 0 Å². The Labute approximate surface area is 161 Å². The predicted molar refractivity (Wildman–Crippen MR) is 113 cm³/mol. The van der Waals surface area contributed by atoms with Gasteiger partial charge in [0.1, 0.15) is 5.76 Å². The van der Waals surface area contributed by atoms with Crippen LogP contribution in [0.3, 0.4) is 0 Å². The standard InChI is InChI=1S/C24H29NO2/c1-23(2,3)25-19-14-24(4,5)15-21(27)22(19)20(26)13-17-11-8-10-16-9-6-7-12-18(16)17/h6-12,26H,13-15H2,1-5H3. The largest absolute Gasteiger partial charge is 0.511 e. The lowest BCUT2D eigenvalue weighted by atomic mass is 9.73.